The summed E-state index contributed by atoms with van der Waals surface area (Å²) >= 11 is 5.94. The molecule has 0 aliphatic heterocycles. The van der Waals surface area contributed by atoms with E-state index < -0.39 is 0 Å². The SMILES string of the molecule is CCCNC(=O)CN(CCC)C(=O)c1cc(N)cnc1Cl. The van der Waals surface area contributed by atoms with Crippen LogP contribution in [0.4, 0.5) is 5.69 Å². The molecular formula is C14H21ClN4O2. The average molecular weight is 313 g/mol. The fourth-order valence-corrected chi connectivity index (χ4v) is 1.98. The zero-order chi connectivity index (χ0) is 15.8. The summed E-state index contributed by atoms with van der Waals surface area (Å²) in [6.45, 7) is 4.95. The Morgan fingerprint density at radius 2 is 2.10 bits per heavy atom. The number of amides is 2. The van der Waals surface area contributed by atoms with E-state index in [0.29, 0.717) is 18.8 Å². The average Bonchev–Trinajstić information content (AvgIpc) is 2.46. The van der Waals surface area contributed by atoms with E-state index in [2.05, 4.69) is 10.3 Å². The second-order valence-electron chi connectivity index (χ2n) is 4.68. The number of halogens is 1. The molecule has 1 heterocycles. The molecule has 116 valence electrons. The van der Waals surface area contributed by atoms with Crippen molar-refractivity contribution in [2.45, 2.75) is 26.7 Å². The molecule has 0 radical (unpaired) electrons. The van der Waals surface area contributed by atoms with Gasteiger partial charge in [0.1, 0.15) is 5.15 Å². The van der Waals surface area contributed by atoms with Crippen LogP contribution in [-0.2, 0) is 4.79 Å². The Labute approximate surface area is 129 Å². The topological polar surface area (TPSA) is 88.3 Å². The van der Waals surface area contributed by atoms with Crippen LogP contribution in [0.25, 0.3) is 0 Å². The first-order valence-corrected chi connectivity index (χ1v) is 7.34. The maximum atomic E-state index is 12.5. The van der Waals surface area contributed by atoms with Crippen LogP contribution in [0.1, 0.15) is 37.0 Å². The Morgan fingerprint density at radius 3 is 2.71 bits per heavy atom. The fraction of sp³-hybridized carbons (Fsp3) is 0.500. The molecule has 21 heavy (non-hydrogen) atoms. The number of anilines is 1. The summed E-state index contributed by atoms with van der Waals surface area (Å²) in [5.74, 6) is -0.528. The molecule has 0 saturated heterocycles. The van der Waals surface area contributed by atoms with E-state index in [1.165, 1.54) is 17.2 Å². The summed E-state index contributed by atoms with van der Waals surface area (Å²) in [5, 5.41) is 2.83. The Bertz CT molecular complexity index is 508. The quantitative estimate of drug-likeness (QED) is 0.750. The van der Waals surface area contributed by atoms with Crippen molar-refractivity contribution in [3.8, 4) is 0 Å². The second-order valence-corrected chi connectivity index (χ2v) is 5.04. The van der Waals surface area contributed by atoms with Crippen molar-refractivity contribution in [2.75, 3.05) is 25.4 Å². The number of nitrogens with one attached hydrogen (secondary N) is 1. The molecule has 1 rings (SSSR count). The van der Waals surface area contributed by atoms with Crippen molar-refractivity contribution in [3.63, 3.8) is 0 Å². The van der Waals surface area contributed by atoms with E-state index >= 15 is 0 Å². The van der Waals surface area contributed by atoms with Gasteiger partial charge in [-0.25, -0.2) is 4.98 Å². The number of carbonyl (C=O) groups is 2. The highest BCUT2D eigenvalue weighted by molar-refractivity contribution is 6.32. The number of nitrogen functional groups attached to an aromatic ring is 1. The highest BCUT2D eigenvalue weighted by Crippen LogP contribution is 2.17. The number of nitrogens with zero attached hydrogens (tertiary/aromatic N) is 2. The minimum atomic E-state index is -0.340. The Kier molecular flexibility index (Phi) is 6.94. The van der Waals surface area contributed by atoms with Gasteiger partial charge >= 0.3 is 0 Å². The molecule has 1 aromatic rings. The van der Waals surface area contributed by atoms with E-state index in [1.54, 1.807) is 0 Å². The number of hydrogen-bond acceptors (Lipinski definition) is 4. The van der Waals surface area contributed by atoms with Crippen LogP contribution in [0.2, 0.25) is 5.15 Å². The van der Waals surface area contributed by atoms with Crippen LogP contribution in [0.3, 0.4) is 0 Å². The molecule has 6 nitrogen and oxygen atoms in total. The van der Waals surface area contributed by atoms with Gasteiger partial charge in [0, 0.05) is 13.1 Å². The third kappa shape index (κ3) is 5.23. The molecule has 0 bridgehead atoms. The predicted molar refractivity (Wildman–Crippen MR) is 83.2 cm³/mol. The lowest BCUT2D eigenvalue weighted by atomic mass is 10.2. The van der Waals surface area contributed by atoms with Gasteiger partial charge in [-0.2, -0.15) is 0 Å². The van der Waals surface area contributed by atoms with Gasteiger partial charge in [0.25, 0.3) is 5.91 Å². The van der Waals surface area contributed by atoms with E-state index in [1.807, 2.05) is 13.8 Å². The van der Waals surface area contributed by atoms with Crippen molar-refractivity contribution in [1.29, 1.82) is 0 Å². The first-order valence-electron chi connectivity index (χ1n) is 6.96. The zero-order valence-electron chi connectivity index (χ0n) is 12.4. The van der Waals surface area contributed by atoms with Gasteiger partial charge in [-0.15, -0.1) is 0 Å². The Morgan fingerprint density at radius 1 is 1.38 bits per heavy atom. The standard InChI is InChI=1S/C14H21ClN4O2/c1-3-5-17-12(20)9-19(6-4-2)14(21)11-7-10(16)8-18-13(11)15/h7-8H,3-6,9,16H2,1-2H3,(H,17,20). The molecule has 0 aliphatic rings. The highest BCUT2D eigenvalue weighted by atomic mass is 35.5. The van der Waals surface area contributed by atoms with Crippen LogP contribution >= 0.6 is 11.6 Å². The summed E-state index contributed by atoms with van der Waals surface area (Å²) in [7, 11) is 0. The van der Waals surface area contributed by atoms with Crippen molar-refractivity contribution >= 4 is 29.1 Å². The molecule has 3 N–H and O–H groups in total. The van der Waals surface area contributed by atoms with Gasteiger partial charge in [-0.1, -0.05) is 25.4 Å². The second kappa shape index (κ2) is 8.46. The zero-order valence-corrected chi connectivity index (χ0v) is 13.1. The van der Waals surface area contributed by atoms with Crippen molar-refractivity contribution in [3.05, 3.63) is 23.0 Å². The number of carbonyl (C=O) groups excluding carboxylic acids is 2. The molecule has 0 unspecified atom stereocenters. The van der Waals surface area contributed by atoms with Crippen LogP contribution in [0.15, 0.2) is 12.3 Å². The molecule has 2 amide bonds. The number of aromatic nitrogens is 1. The van der Waals surface area contributed by atoms with E-state index in [9.17, 15) is 9.59 Å². The molecule has 1 aromatic heterocycles. The molecular weight excluding hydrogens is 292 g/mol. The van der Waals surface area contributed by atoms with Crippen molar-refractivity contribution in [2.24, 2.45) is 0 Å². The van der Waals surface area contributed by atoms with Crippen LogP contribution in [-0.4, -0.2) is 41.3 Å². The van der Waals surface area contributed by atoms with Gasteiger partial charge < -0.3 is 16.0 Å². The van der Waals surface area contributed by atoms with E-state index in [4.69, 9.17) is 17.3 Å². The lowest BCUT2D eigenvalue weighted by Crippen LogP contribution is -2.41. The maximum absolute atomic E-state index is 12.5. The van der Waals surface area contributed by atoms with Crippen LogP contribution < -0.4 is 11.1 Å². The third-order valence-corrected chi connectivity index (χ3v) is 3.08. The lowest BCUT2D eigenvalue weighted by molar-refractivity contribution is -0.121. The fourth-order valence-electron chi connectivity index (χ4n) is 1.80. The lowest BCUT2D eigenvalue weighted by Gasteiger charge is -2.22. The first-order chi connectivity index (χ1) is 9.99. The molecule has 7 heteroatoms. The number of hydrogen-bond donors (Lipinski definition) is 2. The molecule has 0 atom stereocenters. The normalized spacial score (nSPS) is 10.2. The third-order valence-electron chi connectivity index (χ3n) is 2.78. The summed E-state index contributed by atoms with van der Waals surface area (Å²) in [5.41, 5.74) is 6.21. The molecule has 0 fully saturated rings. The maximum Gasteiger partial charge on any atom is 0.257 e. The van der Waals surface area contributed by atoms with Gasteiger partial charge in [-0.05, 0) is 18.9 Å². The predicted octanol–water partition coefficient (Wildman–Crippen LogP) is 1.70. The summed E-state index contributed by atoms with van der Waals surface area (Å²) in [4.78, 5) is 29.6. The first kappa shape index (κ1) is 17.2. The number of rotatable bonds is 7. The molecule has 0 saturated carbocycles. The van der Waals surface area contributed by atoms with Crippen molar-refractivity contribution in [1.82, 2.24) is 15.2 Å². The van der Waals surface area contributed by atoms with Crippen molar-refractivity contribution < 1.29 is 9.59 Å². The van der Waals surface area contributed by atoms with Gasteiger partial charge in [-0.3, -0.25) is 9.59 Å². The smallest absolute Gasteiger partial charge is 0.257 e. The number of pyridine rings is 1. The monoisotopic (exact) mass is 312 g/mol. The largest absolute Gasteiger partial charge is 0.397 e. The van der Waals surface area contributed by atoms with Crippen LogP contribution in [0, 0.1) is 0 Å². The summed E-state index contributed by atoms with van der Waals surface area (Å²) in [6, 6.07) is 1.48. The Balaban J connectivity index is 2.86. The summed E-state index contributed by atoms with van der Waals surface area (Å²) < 4.78 is 0. The van der Waals surface area contributed by atoms with Gasteiger partial charge in [0.15, 0.2) is 0 Å². The van der Waals surface area contributed by atoms with Crippen LogP contribution in [0.5, 0.6) is 0 Å². The van der Waals surface area contributed by atoms with Gasteiger partial charge in [0.2, 0.25) is 5.91 Å². The van der Waals surface area contributed by atoms with E-state index in [-0.39, 0.29) is 29.1 Å². The molecule has 0 aliphatic carbocycles. The molecule has 0 aromatic carbocycles. The highest BCUT2D eigenvalue weighted by Gasteiger charge is 2.21. The Hall–Kier alpha value is -1.82. The minimum Gasteiger partial charge on any atom is -0.397 e. The minimum absolute atomic E-state index is 0.00218. The molecule has 0 spiro atoms. The summed E-state index contributed by atoms with van der Waals surface area (Å²) in [6.07, 6.45) is 2.97. The van der Waals surface area contributed by atoms with E-state index in [0.717, 1.165) is 12.8 Å². The van der Waals surface area contributed by atoms with Gasteiger partial charge in [0.05, 0.1) is 24.0 Å². The number of nitrogens with two attached hydrogens (primary N) is 1.